The third kappa shape index (κ3) is 14.1. The first-order chi connectivity index (χ1) is 9.20. The molecule has 116 valence electrons. The number of unbranched alkanes of at least 4 members (excludes halogenated alkanes) is 6. The Hall–Kier alpha value is -0.0800. The summed E-state index contributed by atoms with van der Waals surface area (Å²) in [6.07, 6.45) is 14.4. The Labute approximate surface area is 120 Å². The molecule has 19 heavy (non-hydrogen) atoms. The van der Waals surface area contributed by atoms with Gasteiger partial charge in [-0.1, -0.05) is 71.6 Å². The van der Waals surface area contributed by atoms with Crippen molar-refractivity contribution < 1.29 is 10.2 Å². The molecule has 0 saturated heterocycles. The van der Waals surface area contributed by atoms with Crippen LogP contribution in [0.15, 0.2) is 0 Å². The molecule has 0 aliphatic heterocycles. The second-order valence-electron chi connectivity index (χ2n) is 5.94. The van der Waals surface area contributed by atoms with Gasteiger partial charge in [-0.05, 0) is 25.7 Å². The Kier molecular flexibility index (Phi) is 14.3. The number of rotatable bonds is 14. The van der Waals surface area contributed by atoms with Crippen molar-refractivity contribution in [1.29, 1.82) is 0 Å². The Morgan fingerprint density at radius 3 is 1.21 bits per heavy atom. The fourth-order valence-electron chi connectivity index (χ4n) is 2.46. The van der Waals surface area contributed by atoms with Crippen molar-refractivity contribution in [1.82, 2.24) is 0 Å². The number of hydrogen-bond acceptors (Lipinski definition) is 2. The normalized spacial score (nSPS) is 14.5. The average Bonchev–Trinajstić information content (AvgIpc) is 2.41. The number of hydrogen-bond donors (Lipinski definition) is 2. The Morgan fingerprint density at radius 2 is 0.842 bits per heavy atom. The first-order valence-corrected chi connectivity index (χ1v) is 8.56. The smallest absolute Gasteiger partial charge is 0.0540 e. The molecule has 2 N–H and O–H groups in total. The summed E-state index contributed by atoms with van der Waals surface area (Å²) < 4.78 is 0. The Bertz CT molecular complexity index is 153. The lowest BCUT2D eigenvalue weighted by Crippen LogP contribution is -2.06. The molecule has 0 radical (unpaired) electrons. The highest BCUT2D eigenvalue weighted by Crippen LogP contribution is 2.14. The van der Waals surface area contributed by atoms with Gasteiger partial charge < -0.3 is 10.2 Å². The van der Waals surface area contributed by atoms with Crippen molar-refractivity contribution in [3.8, 4) is 0 Å². The highest BCUT2D eigenvalue weighted by atomic mass is 16.3. The molecule has 0 aromatic heterocycles. The molecule has 2 unspecified atom stereocenters. The van der Waals surface area contributed by atoms with E-state index in [1.54, 1.807) is 0 Å². The largest absolute Gasteiger partial charge is 0.393 e. The first-order valence-electron chi connectivity index (χ1n) is 8.56. The zero-order chi connectivity index (χ0) is 14.3. The van der Waals surface area contributed by atoms with Gasteiger partial charge >= 0.3 is 0 Å². The van der Waals surface area contributed by atoms with Crippen molar-refractivity contribution >= 4 is 0 Å². The van der Waals surface area contributed by atoms with Crippen LogP contribution >= 0.6 is 0 Å². The summed E-state index contributed by atoms with van der Waals surface area (Å²) in [6.45, 7) is 4.34. The van der Waals surface area contributed by atoms with Crippen LogP contribution in [0, 0.1) is 0 Å². The molecule has 0 amide bonds. The van der Waals surface area contributed by atoms with E-state index in [2.05, 4.69) is 13.8 Å². The van der Waals surface area contributed by atoms with Crippen LogP contribution in [-0.2, 0) is 0 Å². The van der Waals surface area contributed by atoms with Crippen LogP contribution in [0.1, 0.15) is 97.3 Å². The van der Waals surface area contributed by atoms with Gasteiger partial charge in [-0.3, -0.25) is 0 Å². The van der Waals surface area contributed by atoms with E-state index in [-0.39, 0.29) is 12.2 Å². The molecule has 0 aromatic rings. The Balaban J connectivity index is 3.18. The number of aliphatic hydroxyl groups excluding tert-OH is 2. The number of aliphatic hydroxyl groups is 2. The van der Waals surface area contributed by atoms with E-state index in [9.17, 15) is 10.2 Å². The molecule has 0 aromatic carbocycles. The fraction of sp³-hybridized carbons (Fsp3) is 1.00. The second-order valence-corrected chi connectivity index (χ2v) is 5.94. The summed E-state index contributed by atoms with van der Waals surface area (Å²) in [6, 6.07) is 0. The molecule has 2 atom stereocenters. The molecule has 0 fully saturated rings. The van der Waals surface area contributed by atoms with Gasteiger partial charge in [0.1, 0.15) is 0 Å². The van der Waals surface area contributed by atoms with E-state index in [1.165, 1.54) is 32.1 Å². The zero-order valence-electron chi connectivity index (χ0n) is 13.2. The monoisotopic (exact) mass is 272 g/mol. The maximum absolute atomic E-state index is 9.71. The van der Waals surface area contributed by atoms with E-state index in [0.717, 1.165) is 51.4 Å². The lowest BCUT2D eigenvalue weighted by Gasteiger charge is -2.10. The van der Waals surface area contributed by atoms with E-state index >= 15 is 0 Å². The summed E-state index contributed by atoms with van der Waals surface area (Å²) in [4.78, 5) is 0. The standard InChI is InChI=1S/C17H36O2/c1-3-5-12-16(18)14-10-8-7-9-11-15-17(19)13-6-4-2/h16-19H,3-15H2,1-2H3. The van der Waals surface area contributed by atoms with Gasteiger partial charge in [0.15, 0.2) is 0 Å². The van der Waals surface area contributed by atoms with E-state index < -0.39 is 0 Å². The van der Waals surface area contributed by atoms with Gasteiger partial charge in [0.05, 0.1) is 12.2 Å². The minimum atomic E-state index is -0.0733. The molecule has 0 bridgehead atoms. The summed E-state index contributed by atoms with van der Waals surface area (Å²) in [5.41, 5.74) is 0. The molecule has 0 heterocycles. The van der Waals surface area contributed by atoms with Gasteiger partial charge in [0.2, 0.25) is 0 Å². The highest BCUT2D eigenvalue weighted by Gasteiger charge is 2.04. The van der Waals surface area contributed by atoms with Crippen LogP contribution in [0.4, 0.5) is 0 Å². The van der Waals surface area contributed by atoms with Crippen molar-refractivity contribution in [3.63, 3.8) is 0 Å². The van der Waals surface area contributed by atoms with Crippen LogP contribution in [0.25, 0.3) is 0 Å². The topological polar surface area (TPSA) is 40.5 Å². The highest BCUT2D eigenvalue weighted by molar-refractivity contribution is 4.58. The van der Waals surface area contributed by atoms with Gasteiger partial charge in [0.25, 0.3) is 0 Å². The molecule has 0 spiro atoms. The minimum Gasteiger partial charge on any atom is -0.393 e. The van der Waals surface area contributed by atoms with Gasteiger partial charge in [-0.15, -0.1) is 0 Å². The van der Waals surface area contributed by atoms with Crippen molar-refractivity contribution in [2.75, 3.05) is 0 Å². The quantitative estimate of drug-likeness (QED) is 0.445. The lowest BCUT2D eigenvalue weighted by molar-refractivity contribution is 0.145. The van der Waals surface area contributed by atoms with Crippen LogP contribution in [0.5, 0.6) is 0 Å². The summed E-state index contributed by atoms with van der Waals surface area (Å²) in [5.74, 6) is 0. The molecule has 2 heteroatoms. The zero-order valence-corrected chi connectivity index (χ0v) is 13.2. The van der Waals surface area contributed by atoms with E-state index in [1.807, 2.05) is 0 Å². The predicted molar refractivity (Wildman–Crippen MR) is 83.4 cm³/mol. The van der Waals surface area contributed by atoms with Gasteiger partial charge in [-0.2, -0.15) is 0 Å². The van der Waals surface area contributed by atoms with Crippen LogP contribution < -0.4 is 0 Å². The second kappa shape index (κ2) is 14.3. The molecule has 0 saturated carbocycles. The predicted octanol–water partition coefficient (Wildman–Crippen LogP) is 4.82. The van der Waals surface area contributed by atoms with Crippen LogP contribution in [-0.4, -0.2) is 22.4 Å². The molecular weight excluding hydrogens is 236 g/mol. The molecule has 0 aliphatic carbocycles. The SMILES string of the molecule is CCCCC(O)CCCCCCCC(O)CCCC. The molecular formula is C17H36O2. The molecule has 0 aliphatic rings. The summed E-state index contributed by atoms with van der Waals surface area (Å²) in [5, 5.41) is 19.4. The maximum Gasteiger partial charge on any atom is 0.0540 e. The van der Waals surface area contributed by atoms with Crippen LogP contribution in [0.3, 0.4) is 0 Å². The first kappa shape index (κ1) is 18.9. The summed E-state index contributed by atoms with van der Waals surface area (Å²) >= 11 is 0. The Morgan fingerprint density at radius 1 is 0.526 bits per heavy atom. The van der Waals surface area contributed by atoms with Crippen molar-refractivity contribution in [2.24, 2.45) is 0 Å². The fourth-order valence-corrected chi connectivity index (χ4v) is 2.46. The minimum absolute atomic E-state index is 0.0733. The van der Waals surface area contributed by atoms with Gasteiger partial charge in [-0.25, -0.2) is 0 Å². The van der Waals surface area contributed by atoms with Crippen LogP contribution in [0.2, 0.25) is 0 Å². The van der Waals surface area contributed by atoms with Gasteiger partial charge in [0, 0.05) is 0 Å². The third-order valence-electron chi connectivity index (χ3n) is 3.86. The maximum atomic E-state index is 9.71. The third-order valence-corrected chi connectivity index (χ3v) is 3.86. The summed E-state index contributed by atoms with van der Waals surface area (Å²) in [7, 11) is 0. The van der Waals surface area contributed by atoms with E-state index in [4.69, 9.17) is 0 Å². The lowest BCUT2D eigenvalue weighted by atomic mass is 10.0. The average molecular weight is 272 g/mol. The molecule has 2 nitrogen and oxygen atoms in total. The van der Waals surface area contributed by atoms with Crippen molar-refractivity contribution in [2.45, 2.75) is 110 Å². The van der Waals surface area contributed by atoms with E-state index in [0.29, 0.717) is 0 Å². The molecule has 0 rings (SSSR count). The van der Waals surface area contributed by atoms with Crippen molar-refractivity contribution in [3.05, 3.63) is 0 Å².